The lowest BCUT2D eigenvalue weighted by molar-refractivity contribution is -0.133. The Morgan fingerprint density at radius 2 is 1.88 bits per heavy atom. The van der Waals surface area contributed by atoms with Crippen molar-refractivity contribution in [1.82, 2.24) is 20.2 Å². The molecule has 1 N–H and O–H groups in total. The van der Waals surface area contributed by atoms with Crippen LogP contribution in [0.2, 0.25) is 0 Å². The van der Waals surface area contributed by atoms with E-state index >= 15 is 0 Å². The first-order valence-electron chi connectivity index (χ1n) is 11.2. The second kappa shape index (κ2) is 10.2. The van der Waals surface area contributed by atoms with Crippen LogP contribution in [-0.2, 0) is 11.2 Å². The van der Waals surface area contributed by atoms with E-state index < -0.39 is 5.41 Å². The van der Waals surface area contributed by atoms with Crippen LogP contribution in [0.5, 0.6) is 0 Å². The van der Waals surface area contributed by atoms with Gasteiger partial charge in [-0.3, -0.25) is 19.6 Å². The van der Waals surface area contributed by atoms with Crippen LogP contribution in [0.4, 0.5) is 0 Å². The van der Waals surface area contributed by atoms with Crippen LogP contribution in [0, 0.1) is 5.41 Å². The Bertz CT molecular complexity index is 1120. The van der Waals surface area contributed by atoms with Crippen molar-refractivity contribution in [2.75, 3.05) is 19.6 Å². The number of nitrogens with one attached hydrogen (secondary N) is 1. The smallest absolute Gasteiger partial charge is 0.255 e. The molecule has 1 atom stereocenters. The molecular formula is C27H28N4O2. The van der Waals surface area contributed by atoms with Crippen LogP contribution < -0.4 is 5.32 Å². The average molecular weight is 441 g/mol. The SMILES string of the molecule is C=CCNC(=O)C1(Cc2ccccc2-c2ccncc2)CCCN(C(=O)c2cccnc2)C1. The number of piperidine rings is 1. The minimum atomic E-state index is -0.734. The number of rotatable bonds is 7. The normalized spacial score (nSPS) is 17.9. The van der Waals surface area contributed by atoms with Gasteiger partial charge in [-0.05, 0) is 60.2 Å². The summed E-state index contributed by atoms with van der Waals surface area (Å²) in [5.41, 5.74) is 3.01. The van der Waals surface area contributed by atoms with Crippen molar-refractivity contribution in [2.45, 2.75) is 19.3 Å². The Morgan fingerprint density at radius 1 is 1.06 bits per heavy atom. The second-order valence-electron chi connectivity index (χ2n) is 8.42. The van der Waals surface area contributed by atoms with Crippen molar-refractivity contribution in [2.24, 2.45) is 5.41 Å². The monoisotopic (exact) mass is 440 g/mol. The van der Waals surface area contributed by atoms with Crippen molar-refractivity contribution in [1.29, 1.82) is 0 Å². The highest BCUT2D eigenvalue weighted by Gasteiger charge is 2.43. The number of aromatic nitrogens is 2. The fourth-order valence-corrected chi connectivity index (χ4v) is 4.59. The molecule has 1 saturated heterocycles. The second-order valence-corrected chi connectivity index (χ2v) is 8.42. The molecule has 0 bridgehead atoms. The molecule has 33 heavy (non-hydrogen) atoms. The van der Waals surface area contributed by atoms with Crippen LogP contribution in [0.1, 0.15) is 28.8 Å². The lowest BCUT2D eigenvalue weighted by Crippen LogP contribution is -2.54. The van der Waals surface area contributed by atoms with E-state index in [1.807, 2.05) is 24.3 Å². The standard InChI is InChI=1S/C27H28N4O2/c1-2-13-30-26(33)27(12-6-17-31(20-27)25(32)23-8-5-14-29-19-23)18-22-7-3-4-9-24(22)21-10-15-28-16-11-21/h2-5,7-11,14-16,19H,1,6,12-13,17-18,20H2,(H,30,33). The van der Waals surface area contributed by atoms with Gasteiger partial charge >= 0.3 is 0 Å². The number of nitrogens with zero attached hydrogens (tertiary/aromatic N) is 3. The molecule has 6 nitrogen and oxygen atoms in total. The first-order valence-corrected chi connectivity index (χ1v) is 11.2. The Labute approximate surface area is 194 Å². The number of amides is 2. The van der Waals surface area contributed by atoms with Crippen molar-refractivity contribution < 1.29 is 9.59 Å². The van der Waals surface area contributed by atoms with Crippen LogP contribution in [0.3, 0.4) is 0 Å². The summed E-state index contributed by atoms with van der Waals surface area (Å²) in [6.45, 7) is 5.10. The largest absolute Gasteiger partial charge is 0.352 e. The zero-order valence-electron chi connectivity index (χ0n) is 18.6. The molecule has 1 unspecified atom stereocenters. The van der Waals surface area contributed by atoms with Gasteiger partial charge in [0.1, 0.15) is 0 Å². The van der Waals surface area contributed by atoms with Gasteiger partial charge in [-0.1, -0.05) is 30.3 Å². The Kier molecular flexibility index (Phi) is 6.93. The molecule has 3 aromatic rings. The summed E-state index contributed by atoms with van der Waals surface area (Å²) in [7, 11) is 0. The summed E-state index contributed by atoms with van der Waals surface area (Å²) < 4.78 is 0. The molecule has 2 aromatic heterocycles. The number of carbonyl (C=O) groups excluding carboxylic acids is 2. The molecular weight excluding hydrogens is 412 g/mol. The van der Waals surface area contributed by atoms with Gasteiger partial charge in [-0.25, -0.2) is 0 Å². The molecule has 1 fully saturated rings. The lowest BCUT2D eigenvalue weighted by atomic mass is 9.73. The van der Waals surface area contributed by atoms with E-state index in [2.05, 4.69) is 34.0 Å². The van der Waals surface area contributed by atoms with Gasteiger partial charge < -0.3 is 10.2 Å². The van der Waals surface area contributed by atoms with Crippen molar-refractivity contribution in [3.63, 3.8) is 0 Å². The van der Waals surface area contributed by atoms with Gasteiger partial charge in [0.05, 0.1) is 11.0 Å². The van der Waals surface area contributed by atoms with E-state index in [1.54, 1.807) is 47.9 Å². The lowest BCUT2D eigenvalue weighted by Gasteiger charge is -2.42. The first kappa shape index (κ1) is 22.4. The summed E-state index contributed by atoms with van der Waals surface area (Å²) in [6, 6.07) is 15.6. The van der Waals surface area contributed by atoms with Gasteiger partial charge in [0.15, 0.2) is 0 Å². The number of carbonyl (C=O) groups is 2. The molecule has 168 valence electrons. The minimum absolute atomic E-state index is 0.0457. The minimum Gasteiger partial charge on any atom is -0.352 e. The zero-order chi connectivity index (χ0) is 23.1. The third-order valence-electron chi connectivity index (χ3n) is 6.20. The first-order chi connectivity index (χ1) is 16.1. The van der Waals surface area contributed by atoms with E-state index in [1.165, 1.54) is 0 Å². The Morgan fingerprint density at radius 3 is 2.64 bits per heavy atom. The number of hydrogen-bond donors (Lipinski definition) is 1. The van der Waals surface area contributed by atoms with E-state index in [-0.39, 0.29) is 11.8 Å². The Balaban J connectivity index is 1.68. The van der Waals surface area contributed by atoms with Crippen molar-refractivity contribution in [3.8, 4) is 11.1 Å². The van der Waals surface area contributed by atoms with Gasteiger partial charge in [0, 0.05) is 44.4 Å². The molecule has 1 aliphatic heterocycles. The highest BCUT2D eigenvalue weighted by atomic mass is 16.2. The summed E-state index contributed by atoms with van der Waals surface area (Å²) in [5.74, 6) is -0.137. The predicted octanol–water partition coefficient (Wildman–Crippen LogP) is 3.91. The molecule has 0 radical (unpaired) electrons. The van der Waals surface area contributed by atoms with Crippen LogP contribution in [0.25, 0.3) is 11.1 Å². The highest BCUT2D eigenvalue weighted by molar-refractivity contribution is 5.94. The maximum absolute atomic E-state index is 13.5. The van der Waals surface area contributed by atoms with Crippen molar-refractivity contribution >= 4 is 11.8 Å². The molecule has 3 heterocycles. The fourth-order valence-electron chi connectivity index (χ4n) is 4.59. The fraction of sp³-hybridized carbons (Fsp3) is 0.259. The van der Waals surface area contributed by atoms with Crippen LogP contribution in [-0.4, -0.2) is 46.3 Å². The molecule has 0 aliphatic carbocycles. The molecule has 0 spiro atoms. The molecule has 1 aliphatic rings. The maximum Gasteiger partial charge on any atom is 0.255 e. The number of benzene rings is 1. The summed E-state index contributed by atoms with van der Waals surface area (Å²) in [4.78, 5) is 36.7. The molecule has 4 rings (SSSR count). The quantitative estimate of drug-likeness (QED) is 0.565. The van der Waals surface area contributed by atoms with Crippen LogP contribution >= 0.6 is 0 Å². The van der Waals surface area contributed by atoms with E-state index in [0.29, 0.717) is 38.0 Å². The van der Waals surface area contributed by atoms with Crippen molar-refractivity contribution in [3.05, 3.63) is 97.1 Å². The average Bonchev–Trinajstić information content (AvgIpc) is 2.88. The summed E-state index contributed by atoms with van der Waals surface area (Å²) in [5, 5.41) is 3.00. The van der Waals surface area contributed by atoms with Gasteiger partial charge in [-0.15, -0.1) is 6.58 Å². The predicted molar refractivity (Wildman–Crippen MR) is 128 cm³/mol. The molecule has 6 heteroatoms. The number of likely N-dealkylation sites (tertiary alicyclic amines) is 1. The van der Waals surface area contributed by atoms with Gasteiger partial charge in [-0.2, -0.15) is 0 Å². The van der Waals surface area contributed by atoms with Gasteiger partial charge in [0.2, 0.25) is 5.91 Å². The number of hydrogen-bond acceptors (Lipinski definition) is 4. The number of pyridine rings is 2. The zero-order valence-corrected chi connectivity index (χ0v) is 18.6. The summed E-state index contributed by atoms with van der Waals surface area (Å²) >= 11 is 0. The Hall–Kier alpha value is -3.80. The maximum atomic E-state index is 13.5. The van der Waals surface area contributed by atoms with E-state index in [4.69, 9.17) is 0 Å². The third kappa shape index (κ3) is 5.00. The highest BCUT2D eigenvalue weighted by Crippen LogP contribution is 2.37. The molecule has 2 amide bonds. The van der Waals surface area contributed by atoms with Crippen LogP contribution in [0.15, 0.2) is 86.0 Å². The van der Waals surface area contributed by atoms with E-state index in [9.17, 15) is 9.59 Å². The van der Waals surface area contributed by atoms with Gasteiger partial charge in [0.25, 0.3) is 5.91 Å². The molecule has 1 aromatic carbocycles. The summed E-state index contributed by atoms with van der Waals surface area (Å²) in [6.07, 6.45) is 10.4. The topological polar surface area (TPSA) is 75.2 Å². The van der Waals surface area contributed by atoms with E-state index in [0.717, 1.165) is 23.1 Å². The molecule has 0 saturated carbocycles. The third-order valence-corrected chi connectivity index (χ3v) is 6.20.